The first-order valence-corrected chi connectivity index (χ1v) is 5.65. The van der Waals surface area contributed by atoms with Gasteiger partial charge in [-0.1, -0.05) is 24.3 Å². The highest BCUT2D eigenvalue weighted by atomic mass is 35.5. The average molecular weight is 212 g/mol. The van der Waals surface area contributed by atoms with Crippen LogP contribution in [0.5, 0.6) is 0 Å². The standard InChI is InChI=1S/C12H18ClN/c1-10(14)9-12-6-4-11(5-7-12)3-2-8-13/h4-7,10H,2-3,8-9,14H2,1H3. The molecule has 1 nitrogen and oxygen atoms in total. The Bertz CT molecular complexity index is 254. The summed E-state index contributed by atoms with van der Waals surface area (Å²) in [5.41, 5.74) is 8.40. The summed E-state index contributed by atoms with van der Waals surface area (Å²) in [5, 5.41) is 0. The Morgan fingerprint density at radius 2 is 1.79 bits per heavy atom. The molecule has 0 aliphatic heterocycles. The topological polar surface area (TPSA) is 26.0 Å². The Hall–Kier alpha value is -0.530. The summed E-state index contributed by atoms with van der Waals surface area (Å²) in [6, 6.07) is 8.90. The van der Waals surface area contributed by atoms with Crippen LogP contribution in [0.2, 0.25) is 0 Å². The van der Waals surface area contributed by atoms with Gasteiger partial charge in [-0.05, 0) is 37.3 Å². The lowest BCUT2D eigenvalue weighted by molar-refractivity contribution is 0.737. The first kappa shape index (κ1) is 11.5. The van der Waals surface area contributed by atoms with Gasteiger partial charge in [0.1, 0.15) is 0 Å². The van der Waals surface area contributed by atoms with E-state index in [0.717, 1.165) is 25.1 Å². The summed E-state index contributed by atoms with van der Waals surface area (Å²) in [6.07, 6.45) is 3.08. The molecule has 1 aromatic carbocycles. The predicted molar refractivity (Wildman–Crippen MR) is 62.8 cm³/mol. The third-order valence-corrected chi connectivity index (χ3v) is 2.45. The molecule has 1 aromatic rings. The summed E-state index contributed by atoms with van der Waals surface area (Å²) in [5.74, 6) is 0.738. The van der Waals surface area contributed by atoms with E-state index in [1.807, 2.05) is 6.92 Å². The summed E-state index contributed by atoms with van der Waals surface area (Å²) in [7, 11) is 0. The maximum absolute atomic E-state index is 5.73. The number of aryl methyl sites for hydroxylation is 1. The minimum atomic E-state index is 0.240. The molecule has 0 amide bonds. The van der Waals surface area contributed by atoms with E-state index in [9.17, 15) is 0 Å². The summed E-state index contributed by atoms with van der Waals surface area (Å²) in [4.78, 5) is 0. The fourth-order valence-electron chi connectivity index (χ4n) is 1.48. The predicted octanol–water partition coefficient (Wildman–Crippen LogP) is 2.75. The van der Waals surface area contributed by atoms with Gasteiger partial charge in [-0.3, -0.25) is 0 Å². The van der Waals surface area contributed by atoms with E-state index in [1.165, 1.54) is 11.1 Å². The van der Waals surface area contributed by atoms with Crippen molar-refractivity contribution in [2.45, 2.75) is 32.2 Å². The molecule has 14 heavy (non-hydrogen) atoms. The molecule has 0 fully saturated rings. The van der Waals surface area contributed by atoms with Gasteiger partial charge in [0.05, 0.1) is 0 Å². The van der Waals surface area contributed by atoms with Crippen LogP contribution in [0.25, 0.3) is 0 Å². The van der Waals surface area contributed by atoms with Gasteiger partial charge in [0.2, 0.25) is 0 Å². The van der Waals surface area contributed by atoms with E-state index in [-0.39, 0.29) is 6.04 Å². The van der Waals surface area contributed by atoms with Gasteiger partial charge in [-0.2, -0.15) is 0 Å². The molecule has 0 aliphatic rings. The van der Waals surface area contributed by atoms with Crippen LogP contribution in [-0.2, 0) is 12.8 Å². The Kier molecular flexibility index (Phi) is 4.99. The molecule has 1 unspecified atom stereocenters. The van der Waals surface area contributed by atoms with Crippen LogP contribution in [-0.4, -0.2) is 11.9 Å². The van der Waals surface area contributed by atoms with Gasteiger partial charge >= 0.3 is 0 Å². The van der Waals surface area contributed by atoms with Crippen LogP contribution in [0.3, 0.4) is 0 Å². The SMILES string of the molecule is CC(N)Cc1ccc(CCCCl)cc1. The minimum Gasteiger partial charge on any atom is -0.328 e. The van der Waals surface area contributed by atoms with Gasteiger partial charge < -0.3 is 5.73 Å². The normalized spacial score (nSPS) is 12.8. The highest BCUT2D eigenvalue weighted by molar-refractivity contribution is 6.17. The van der Waals surface area contributed by atoms with E-state index in [1.54, 1.807) is 0 Å². The lowest BCUT2D eigenvalue weighted by Gasteiger charge is -2.06. The highest BCUT2D eigenvalue weighted by Crippen LogP contribution is 2.08. The van der Waals surface area contributed by atoms with Crippen LogP contribution in [0.1, 0.15) is 24.5 Å². The Balaban J connectivity index is 2.50. The second-order valence-corrected chi connectivity index (χ2v) is 4.17. The summed E-state index contributed by atoms with van der Waals surface area (Å²) >= 11 is 5.64. The second kappa shape index (κ2) is 6.05. The molecule has 78 valence electrons. The van der Waals surface area contributed by atoms with E-state index in [4.69, 9.17) is 17.3 Å². The van der Waals surface area contributed by atoms with Crippen molar-refractivity contribution in [1.29, 1.82) is 0 Å². The van der Waals surface area contributed by atoms with Gasteiger partial charge in [0, 0.05) is 11.9 Å². The minimum absolute atomic E-state index is 0.240. The third-order valence-electron chi connectivity index (χ3n) is 2.18. The molecular weight excluding hydrogens is 194 g/mol. The molecule has 0 radical (unpaired) electrons. The Morgan fingerprint density at radius 3 is 2.29 bits per heavy atom. The fraction of sp³-hybridized carbons (Fsp3) is 0.500. The number of benzene rings is 1. The van der Waals surface area contributed by atoms with Crippen molar-refractivity contribution in [3.05, 3.63) is 35.4 Å². The first-order valence-electron chi connectivity index (χ1n) is 5.11. The molecule has 0 bridgehead atoms. The molecule has 0 aromatic heterocycles. The van der Waals surface area contributed by atoms with E-state index in [2.05, 4.69) is 24.3 Å². The van der Waals surface area contributed by atoms with E-state index >= 15 is 0 Å². The molecule has 1 rings (SSSR count). The quantitative estimate of drug-likeness (QED) is 0.745. The molecule has 1 atom stereocenters. The van der Waals surface area contributed by atoms with Crippen molar-refractivity contribution in [2.24, 2.45) is 5.73 Å². The van der Waals surface area contributed by atoms with Gasteiger partial charge in [-0.15, -0.1) is 11.6 Å². The summed E-state index contributed by atoms with van der Waals surface area (Å²) in [6.45, 7) is 2.03. The summed E-state index contributed by atoms with van der Waals surface area (Å²) < 4.78 is 0. The maximum Gasteiger partial charge on any atom is 0.0226 e. The number of halogens is 1. The van der Waals surface area contributed by atoms with Crippen LogP contribution < -0.4 is 5.73 Å². The van der Waals surface area contributed by atoms with Gasteiger partial charge in [-0.25, -0.2) is 0 Å². The van der Waals surface area contributed by atoms with Crippen molar-refractivity contribution in [1.82, 2.24) is 0 Å². The van der Waals surface area contributed by atoms with Crippen molar-refractivity contribution < 1.29 is 0 Å². The molecule has 0 saturated carbocycles. The van der Waals surface area contributed by atoms with Gasteiger partial charge in [0.25, 0.3) is 0 Å². The molecular formula is C12H18ClN. The van der Waals surface area contributed by atoms with Crippen molar-refractivity contribution >= 4 is 11.6 Å². The monoisotopic (exact) mass is 211 g/mol. The number of hydrogen-bond acceptors (Lipinski definition) is 1. The number of alkyl halides is 1. The van der Waals surface area contributed by atoms with Crippen LogP contribution in [0.15, 0.2) is 24.3 Å². The molecule has 0 spiro atoms. The van der Waals surface area contributed by atoms with E-state index < -0.39 is 0 Å². The molecule has 0 saturated heterocycles. The van der Waals surface area contributed by atoms with Gasteiger partial charge in [0.15, 0.2) is 0 Å². The van der Waals surface area contributed by atoms with Crippen molar-refractivity contribution in [3.63, 3.8) is 0 Å². The Labute approximate surface area is 91.3 Å². The maximum atomic E-state index is 5.73. The highest BCUT2D eigenvalue weighted by Gasteiger charge is 1.98. The fourth-order valence-corrected chi connectivity index (χ4v) is 1.62. The number of nitrogens with two attached hydrogens (primary N) is 1. The van der Waals surface area contributed by atoms with Crippen molar-refractivity contribution in [3.8, 4) is 0 Å². The molecule has 2 N–H and O–H groups in total. The second-order valence-electron chi connectivity index (χ2n) is 3.79. The Morgan fingerprint density at radius 1 is 1.21 bits per heavy atom. The van der Waals surface area contributed by atoms with Crippen LogP contribution >= 0.6 is 11.6 Å². The van der Waals surface area contributed by atoms with Crippen molar-refractivity contribution in [2.75, 3.05) is 5.88 Å². The number of rotatable bonds is 5. The molecule has 0 heterocycles. The van der Waals surface area contributed by atoms with Crippen LogP contribution in [0, 0.1) is 0 Å². The average Bonchev–Trinajstić information content (AvgIpc) is 2.16. The van der Waals surface area contributed by atoms with E-state index in [0.29, 0.717) is 0 Å². The smallest absolute Gasteiger partial charge is 0.0226 e. The molecule has 2 heteroatoms. The lowest BCUT2D eigenvalue weighted by Crippen LogP contribution is -2.17. The zero-order valence-corrected chi connectivity index (χ0v) is 9.43. The number of hydrogen-bond donors (Lipinski definition) is 1. The van der Waals surface area contributed by atoms with Crippen LogP contribution in [0.4, 0.5) is 0 Å². The zero-order chi connectivity index (χ0) is 10.4. The molecule has 0 aliphatic carbocycles. The first-order chi connectivity index (χ1) is 6.72. The third kappa shape index (κ3) is 4.12. The lowest BCUT2D eigenvalue weighted by atomic mass is 10.0. The largest absolute Gasteiger partial charge is 0.328 e. The zero-order valence-electron chi connectivity index (χ0n) is 8.67.